The molecule has 0 bridgehead atoms. The molecule has 0 atom stereocenters. The normalized spacial score (nSPS) is 13.8. The Balaban J connectivity index is 1.35. The first-order chi connectivity index (χ1) is 29.8. The second kappa shape index (κ2) is 14.1. The lowest BCUT2D eigenvalue weighted by Crippen LogP contribution is -2.26. The summed E-state index contributed by atoms with van der Waals surface area (Å²) in [5.41, 5.74) is 17.7. The molecule has 0 spiro atoms. The Morgan fingerprint density at radius 3 is 1.21 bits per heavy atom. The number of para-hydroxylation sites is 2. The number of fused-ring (bicyclic) bond motifs is 6. The van der Waals surface area contributed by atoms with E-state index in [1.54, 1.807) is 0 Å². The number of anilines is 3. The summed E-state index contributed by atoms with van der Waals surface area (Å²) >= 11 is 0. The molecule has 292 valence electrons. The van der Waals surface area contributed by atoms with Gasteiger partial charge in [0.1, 0.15) is 0 Å². The second-order valence-electron chi connectivity index (χ2n) is 17.2. The van der Waals surface area contributed by atoms with Crippen LogP contribution in [0, 0.1) is 0 Å². The third kappa shape index (κ3) is 5.70. The van der Waals surface area contributed by atoms with E-state index in [2.05, 4.69) is 190 Å². The van der Waals surface area contributed by atoms with Gasteiger partial charge in [-0.1, -0.05) is 204 Å². The molecule has 1 heterocycles. The predicted octanol–water partition coefficient (Wildman–Crippen LogP) is 14.6. The van der Waals surface area contributed by atoms with Gasteiger partial charge in [0.05, 0.1) is 11.4 Å². The van der Waals surface area contributed by atoms with Crippen molar-refractivity contribution in [3.63, 3.8) is 0 Å². The molecule has 1 aromatic heterocycles. The quantitative estimate of drug-likeness (QED) is 0.161. The van der Waals surface area contributed by atoms with Crippen LogP contribution >= 0.6 is 0 Å². The van der Waals surface area contributed by atoms with E-state index >= 15 is 0 Å². The SMILES string of the molecule is CC1(C)c2ccccc2-c2c(-c3nc(-c4ccccc4)nc(-c4ccccc4)n3)c3c(c(N(c4ccccc4)c4ccccc4-c4ccccc4)c21)C(C)(C)c1ccccc1-3. The second-order valence-corrected chi connectivity index (χ2v) is 17.2. The standard InChI is InChI=1S/C57H44N4/c1-56(2)44-34-20-17-32-42(44)47-49(55-59-53(38-25-11-6-12-26-38)58-54(60-55)39-27-13-7-14-28-39)48-43-33-18-21-35-45(43)57(3,4)51(48)52(50(47)56)61(40-29-15-8-16-30-40)46-36-22-19-31-41(46)37-23-9-5-10-24-37/h5-36H,1-4H3. The third-order valence-electron chi connectivity index (χ3n) is 12.9. The van der Waals surface area contributed by atoms with E-state index in [0.29, 0.717) is 17.5 Å². The number of aromatic nitrogens is 3. The van der Waals surface area contributed by atoms with Crippen LogP contribution in [0.4, 0.5) is 17.1 Å². The molecule has 2 aliphatic rings. The van der Waals surface area contributed by atoms with Gasteiger partial charge in [-0.3, -0.25) is 0 Å². The minimum atomic E-state index is -0.415. The Bertz CT molecular complexity index is 2980. The Labute approximate surface area is 357 Å². The monoisotopic (exact) mass is 784 g/mol. The van der Waals surface area contributed by atoms with Crippen LogP contribution in [0.15, 0.2) is 194 Å². The highest BCUT2D eigenvalue weighted by Gasteiger charge is 2.49. The summed E-state index contributed by atoms with van der Waals surface area (Å²) in [6.45, 7) is 9.60. The van der Waals surface area contributed by atoms with E-state index in [-0.39, 0.29) is 0 Å². The molecule has 4 nitrogen and oxygen atoms in total. The maximum absolute atomic E-state index is 5.50. The molecule has 2 aliphatic carbocycles. The first kappa shape index (κ1) is 36.6. The van der Waals surface area contributed by atoms with E-state index in [1.807, 2.05) is 36.4 Å². The van der Waals surface area contributed by atoms with E-state index in [1.165, 1.54) is 55.8 Å². The molecule has 61 heavy (non-hydrogen) atoms. The lowest BCUT2D eigenvalue weighted by molar-refractivity contribution is 0.640. The molecule has 9 aromatic rings. The first-order valence-electron chi connectivity index (χ1n) is 21.1. The number of benzene rings is 8. The van der Waals surface area contributed by atoms with Gasteiger partial charge in [-0.25, -0.2) is 15.0 Å². The van der Waals surface area contributed by atoms with Crippen molar-refractivity contribution in [3.8, 4) is 67.5 Å². The summed E-state index contributed by atoms with van der Waals surface area (Å²) in [6.07, 6.45) is 0. The van der Waals surface area contributed by atoms with Crippen molar-refractivity contribution in [2.24, 2.45) is 0 Å². The minimum Gasteiger partial charge on any atom is -0.309 e. The van der Waals surface area contributed by atoms with Crippen LogP contribution < -0.4 is 4.90 Å². The molecule has 0 unspecified atom stereocenters. The Morgan fingerprint density at radius 2 is 0.721 bits per heavy atom. The molecule has 0 saturated carbocycles. The maximum atomic E-state index is 5.50. The fraction of sp³-hybridized carbons (Fsp3) is 0.105. The zero-order chi connectivity index (χ0) is 41.3. The zero-order valence-corrected chi connectivity index (χ0v) is 34.8. The summed E-state index contributed by atoms with van der Waals surface area (Å²) in [7, 11) is 0. The third-order valence-corrected chi connectivity index (χ3v) is 12.9. The summed E-state index contributed by atoms with van der Waals surface area (Å²) < 4.78 is 0. The van der Waals surface area contributed by atoms with Gasteiger partial charge in [0.25, 0.3) is 0 Å². The van der Waals surface area contributed by atoms with Gasteiger partial charge in [-0.15, -0.1) is 0 Å². The fourth-order valence-electron chi connectivity index (χ4n) is 10.1. The Kier molecular flexibility index (Phi) is 8.47. The maximum Gasteiger partial charge on any atom is 0.165 e. The van der Waals surface area contributed by atoms with Crippen LogP contribution in [0.1, 0.15) is 49.9 Å². The van der Waals surface area contributed by atoms with Crippen LogP contribution in [0.25, 0.3) is 67.5 Å². The Hall–Kier alpha value is -7.43. The number of rotatable bonds is 7. The van der Waals surface area contributed by atoms with E-state index in [9.17, 15) is 0 Å². The summed E-state index contributed by atoms with van der Waals surface area (Å²) in [4.78, 5) is 18.7. The lowest BCUT2D eigenvalue weighted by atomic mass is 9.74. The van der Waals surface area contributed by atoms with Crippen LogP contribution in [0.5, 0.6) is 0 Å². The molecule has 4 heteroatoms. The molecule has 0 aliphatic heterocycles. The zero-order valence-electron chi connectivity index (χ0n) is 34.8. The van der Waals surface area contributed by atoms with Crippen molar-refractivity contribution in [3.05, 3.63) is 216 Å². The van der Waals surface area contributed by atoms with Crippen molar-refractivity contribution in [2.45, 2.75) is 38.5 Å². The molecule has 11 rings (SSSR count). The van der Waals surface area contributed by atoms with Gasteiger partial charge in [-0.2, -0.15) is 0 Å². The summed E-state index contributed by atoms with van der Waals surface area (Å²) in [5.74, 6) is 1.97. The van der Waals surface area contributed by atoms with Crippen LogP contribution in [0.3, 0.4) is 0 Å². The predicted molar refractivity (Wildman–Crippen MR) is 251 cm³/mol. The van der Waals surface area contributed by atoms with Gasteiger partial charge in [0.15, 0.2) is 17.5 Å². The average Bonchev–Trinajstić information content (AvgIpc) is 3.70. The number of hydrogen-bond acceptors (Lipinski definition) is 4. The lowest BCUT2D eigenvalue weighted by Gasteiger charge is -2.38. The van der Waals surface area contributed by atoms with E-state index < -0.39 is 10.8 Å². The highest BCUT2D eigenvalue weighted by atomic mass is 15.2. The fourth-order valence-corrected chi connectivity index (χ4v) is 10.1. The van der Waals surface area contributed by atoms with Crippen LogP contribution in [-0.4, -0.2) is 15.0 Å². The van der Waals surface area contributed by atoms with Gasteiger partial charge < -0.3 is 4.90 Å². The van der Waals surface area contributed by atoms with Crippen molar-refractivity contribution in [1.29, 1.82) is 0 Å². The number of hydrogen-bond donors (Lipinski definition) is 0. The van der Waals surface area contributed by atoms with Crippen molar-refractivity contribution < 1.29 is 0 Å². The molecule has 8 aromatic carbocycles. The molecule has 0 fully saturated rings. The van der Waals surface area contributed by atoms with Gasteiger partial charge in [-0.05, 0) is 68.3 Å². The van der Waals surface area contributed by atoms with Crippen LogP contribution in [-0.2, 0) is 10.8 Å². The summed E-state index contributed by atoms with van der Waals surface area (Å²) in [5, 5.41) is 0. The number of nitrogens with zero attached hydrogens (tertiary/aromatic N) is 4. The Morgan fingerprint density at radius 1 is 0.344 bits per heavy atom. The smallest absolute Gasteiger partial charge is 0.165 e. The first-order valence-corrected chi connectivity index (χ1v) is 21.1. The highest BCUT2D eigenvalue weighted by molar-refractivity contribution is 6.09. The van der Waals surface area contributed by atoms with Crippen molar-refractivity contribution in [1.82, 2.24) is 15.0 Å². The van der Waals surface area contributed by atoms with E-state index in [0.717, 1.165) is 33.6 Å². The van der Waals surface area contributed by atoms with Gasteiger partial charge in [0, 0.05) is 38.8 Å². The highest BCUT2D eigenvalue weighted by Crippen LogP contribution is 2.66. The molecule has 0 saturated heterocycles. The van der Waals surface area contributed by atoms with Crippen LogP contribution in [0.2, 0.25) is 0 Å². The molecular formula is C57H44N4. The average molecular weight is 785 g/mol. The largest absolute Gasteiger partial charge is 0.309 e. The van der Waals surface area contributed by atoms with Gasteiger partial charge >= 0.3 is 0 Å². The minimum absolute atomic E-state index is 0.415. The van der Waals surface area contributed by atoms with Gasteiger partial charge in [0.2, 0.25) is 0 Å². The molecule has 0 N–H and O–H groups in total. The topological polar surface area (TPSA) is 41.9 Å². The molecular weight excluding hydrogens is 741 g/mol. The van der Waals surface area contributed by atoms with Crippen molar-refractivity contribution >= 4 is 17.1 Å². The molecule has 0 radical (unpaired) electrons. The molecule has 0 amide bonds. The van der Waals surface area contributed by atoms with Crippen molar-refractivity contribution in [2.75, 3.05) is 4.90 Å². The summed E-state index contributed by atoms with van der Waals surface area (Å²) in [6, 6.07) is 69.2. The van der Waals surface area contributed by atoms with E-state index in [4.69, 9.17) is 15.0 Å².